The summed E-state index contributed by atoms with van der Waals surface area (Å²) in [5.74, 6) is 1.16. The number of nitrogens with zero attached hydrogens (tertiary/aromatic N) is 4. The molecule has 1 aromatic carbocycles. The Kier molecular flexibility index (Phi) is 6.94. The van der Waals surface area contributed by atoms with E-state index in [1.165, 1.54) is 0 Å². The lowest BCUT2D eigenvalue weighted by Gasteiger charge is -2.26. The number of fused-ring (bicyclic) bond motifs is 2. The fourth-order valence-corrected chi connectivity index (χ4v) is 3.88. The van der Waals surface area contributed by atoms with Crippen molar-refractivity contribution in [1.82, 2.24) is 14.3 Å². The van der Waals surface area contributed by atoms with Gasteiger partial charge in [-0.15, -0.1) is 12.4 Å². The summed E-state index contributed by atoms with van der Waals surface area (Å²) < 4.78 is 19.5. The average Bonchev–Trinajstić information content (AvgIpc) is 3.30. The number of halogens is 1. The Morgan fingerprint density at radius 3 is 2.84 bits per heavy atom. The monoisotopic (exact) mass is 456 g/mol. The summed E-state index contributed by atoms with van der Waals surface area (Å²) >= 11 is 0. The molecular weight excluding hydrogens is 432 g/mol. The Bertz CT molecular complexity index is 1260. The normalized spacial score (nSPS) is 15.2. The molecule has 0 radical (unpaired) electrons. The molecule has 0 unspecified atom stereocenters. The summed E-state index contributed by atoms with van der Waals surface area (Å²) in [6, 6.07) is 13.1. The highest BCUT2D eigenvalue weighted by Crippen LogP contribution is 2.27. The van der Waals surface area contributed by atoms with Gasteiger partial charge >= 0.3 is 0 Å². The third kappa shape index (κ3) is 4.57. The van der Waals surface area contributed by atoms with E-state index < -0.39 is 0 Å². The fraction of sp³-hybridized carbons (Fsp3) is 0.304. The highest BCUT2D eigenvalue weighted by atomic mass is 35.5. The van der Waals surface area contributed by atoms with E-state index in [0.29, 0.717) is 40.1 Å². The number of rotatable bonds is 6. The molecule has 0 spiro atoms. The summed E-state index contributed by atoms with van der Waals surface area (Å²) in [7, 11) is 0. The molecule has 9 heteroatoms. The maximum atomic E-state index is 9.70. The molecule has 168 valence electrons. The number of benzene rings is 1. The van der Waals surface area contributed by atoms with Crippen LogP contribution in [0.15, 0.2) is 64.6 Å². The van der Waals surface area contributed by atoms with E-state index in [4.69, 9.17) is 13.9 Å². The molecule has 0 bridgehead atoms. The van der Waals surface area contributed by atoms with Gasteiger partial charge in [0.1, 0.15) is 22.4 Å². The quantitative estimate of drug-likeness (QED) is 0.271. The lowest BCUT2D eigenvalue weighted by atomic mass is 10.1. The number of morpholine rings is 1. The van der Waals surface area contributed by atoms with Crippen LogP contribution in [0.3, 0.4) is 0 Å². The minimum atomic E-state index is 0. The maximum absolute atomic E-state index is 9.70. The molecule has 0 saturated carbocycles. The number of ether oxygens (including phenoxy) is 2. The van der Waals surface area contributed by atoms with Gasteiger partial charge in [-0.25, -0.2) is 4.98 Å². The van der Waals surface area contributed by atoms with Gasteiger partial charge in [-0.3, -0.25) is 4.90 Å². The molecule has 1 aliphatic heterocycles. The van der Waals surface area contributed by atoms with E-state index in [-0.39, 0.29) is 12.4 Å². The summed E-state index contributed by atoms with van der Waals surface area (Å²) in [5.41, 5.74) is 2.24. The lowest BCUT2D eigenvalue weighted by Crippen LogP contribution is -2.37. The second-order valence-corrected chi connectivity index (χ2v) is 7.50. The molecular formula is C23H25ClN4O4. The van der Waals surface area contributed by atoms with Crippen LogP contribution < -0.4 is 10.1 Å². The summed E-state index contributed by atoms with van der Waals surface area (Å²) in [4.78, 5) is 6.84. The molecule has 8 nitrogen and oxygen atoms in total. The summed E-state index contributed by atoms with van der Waals surface area (Å²) in [5, 5.41) is 14.2. The van der Waals surface area contributed by atoms with Gasteiger partial charge in [0.2, 0.25) is 0 Å². The van der Waals surface area contributed by atoms with Gasteiger partial charge in [-0.2, -0.15) is 0 Å². The molecule has 5 rings (SSSR count). The van der Waals surface area contributed by atoms with E-state index in [2.05, 4.69) is 15.0 Å². The van der Waals surface area contributed by atoms with Gasteiger partial charge in [0.05, 0.1) is 31.5 Å². The smallest absolute Gasteiger partial charge is 0.155 e. The van der Waals surface area contributed by atoms with E-state index in [9.17, 15) is 5.21 Å². The molecule has 1 saturated heterocycles. The third-order valence-electron chi connectivity index (χ3n) is 5.49. The van der Waals surface area contributed by atoms with Crippen molar-refractivity contribution in [3.8, 4) is 17.2 Å². The molecule has 0 aliphatic carbocycles. The first-order chi connectivity index (χ1) is 15.3. The topological polar surface area (TPSA) is 84.7 Å². The Hall–Kier alpha value is -3.07. The predicted molar refractivity (Wildman–Crippen MR) is 122 cm³/mol. The first kappa shape index (κ1) is 22.1. The maximum Gasteiger partial charge on any atom is 0.155 e. The molecule has 1 fully saturated rings. The molecule has 0 amide bonds. The van der Waals surface area contributed by atoms with Crippen molar-refractivity contribution in [2.24, 2.45) is 5.16 Å². The van der Waals surface area contributed by atoms with Crippen LogP contribution in [0, 0.1) is 0 Å². The summed E-state index contributed by atoms with van der Waals surface area (Å²) in [6.45, 7) is 5.05. The highest BCUT2D eigenvalue weighted by Gasteiger charge is 2.13. The van der Waals surface area contributed by atoms with E-state index >= 15 is 0 Å². The SMILES string of the molecule is Cl.ON=c1cc(-c2cc3cccn3cn2)oc2cccc(OCCCN3CCOCC3)c12. The van der Waals surface area contributed by atoms with Gasteiger partial charge in [0.25, 0.3) is 0 Å². The van der Waals surface area contributed by atoms with Gasteiger partial charge < -0.3 is 23.5 Å². The van der Waals surface area contributed by atoms with Crippen molar-refractivity contribution in [3.05, 3.63) is 60.3 Å². The lowest BCUT2D eigenvalue weighted by molar-refractivity contribution is 0.0358. The van der Waals surface area contributed by atoms with Crippen molar-refractivity contribution in [2.75, 3.05) is 39.5 Å². The van der Waals surface area contributed by atoms with E-state index in [1.807, 2.05) is 47.0 Å². The van der Waals surface area contributed by atoms with Crippen LogP contribution in [0.2, 0.25) is 0 Å². The summed E-state index contributed by atoms with van der Waals surface area (Å²) in [6.07, 6.45) is 4.56. The average molecular weight is 457 g/mol. The van der Waals surface area contributed by atoms with Crippen LogP contribution in [-0.4, -0.2) is 58.9 Å². The number of hydrogen-bond acceptors (Lipinski definition) is 7. The minimum absolute atomic E-state index is 0. The van der Waals surface area contributed by atoms with Crippen molar-refractivity contribution in [2.45, 2.75) is 6.42 Å². The Balaban J connectivity index is 0.00000245. The first-order valence-electron chi connectivity index (χ1n) is 10.4. The molecule has 1 N–H and O–H groups in total. The van der Waals surface area contributed by atoms with Crippen LogP contribution in [0.4, 0.5) is 0 Å². The molecule has 4 heterocycles. The minimum Gasteiger partial charge on any atom is -0.493 e. The van der Waals surface area contributed by atoms with Crippen molar-refractivity contribution in [3.63, 3.8) is 0 Å². The number of hydrogen-bond donors (Lipinski definition) is 1. The Morgan fingerprint density at radius 1 is 1.12 bits per heavy atom. The van der Waals surface area contributed by atoms with Crippen LogP contribution >= 0.6 is 12.4 Å². The standard InChI is InChI=1S/C23H24N4O4.ClH/c28-25-19-15-22(18-14-17-4-2-8-27(17)16-24-18)31-21-6-1-5-20(23(19)21)30-11-3-7-26-9-12-29-13-10-26;/h1-2,4-6,8,14-16,28H,3,7,9-13H2;1H. The predicted octanol–water partition coefficient (Wildman–Crippen LogP) is 3.56. The zero-order valence-electron chi connectivity index (χ0n) is 17.5. The number of aromatic nitrogens is 2. The van der Waals surface area contributed by atoms with Crippen molar-refractivity contribution >= 4 is 28.9 Å². The molecule has 1 aliphatic rings. The van der Waals surface area contributed by atoms with Crippen LogP contribution in [-0.2, 0) is 4.74 Å². The molecule has 4 aromatic rings. The molecule has 3 aromatic heterocycles. The largest absolute Gasteiger partial charge is 0.493 e. The van der Waals surface area contributed by atoms with E-state index in [1.54, 1.807) is 12.4 Å². The van der Waals surface area contributed by atoms with Crippen LogP contribution in [0.1, 0.15) is 6.42 Å². The second-order valence-electron chi connectivity index (χ2n) is 7.50. The zero-order valence-corrected chi connectivity index (χ0v) is 18.3. The van der Waals surface area contributed by atoms with Crippen LogP contribution in [0.5, 0.6) is 5.75 Å². The van der Waals surface area contributed by atoms with Gasteiger partial charge in [0, 0.05) is 37.4 Å². The third-order valence-corrected chi connectivity index (χ3v) is 5.49. The second kappa shape index (κ2) is 10.0. The molecule has 32 heavy (non-hydrogen) atoms. The van der Waals surface area contributed by atoms with Crippen LogP contribution in [0.25, 0.3) is 27.9 Å². The van der Waals surface area contributed by atoms with Crippen molar-refractivity contribution < 1.29 is 19.1 Å². The van der Waals surface area contributed by atoms with E-state index in [0.717, 1.165) is 44.8 Å². The van der Waals surface area contributed by atoms with Gasteiger partial charge in [-0.05, 0) is 36.8 Å². The van der Waals surface area contributed by atoms with Gasteiger partial charge in [0.15, 0.2) is 5.76 Å². The Labute approximate surface area is 191 Å². The zero-order chi connectivity index (χ0) is 21.0. The molecule has 0 atom stereocenters. The fourth-order valence-electron chi connectivity index (χ4n) is 3.88. The first-order valence-corrected chi connectivity index (χ1v) is 10.4. The highest BCUT2D eigenvalue weighted by molar-refractivity contribution is 5.85. The van der Waals surface area contributed by atoms with Crippen molar-refractivity contribution in [1.29, 1.82) is 0 Å². The van der Waals surface area contributed by atoms with Gasteiger partial charge in [-0.1, -0.05) is 11.2 Å². The Morgan fingerprint density at radius 2 is 2.00 bits per heavy atom.